The first-order valence-corrected chi connectivity index (χ1v) is 11.1. The van der Waals surface area contributed by atoms with Gasteiger partial charge in [0.25, 0.3) is 5.91 Å². The molecular weight excluding hydrogens is 412 g/mol. The second kappa shape index (κ2) is 9.30. The van der Waals surface area contributed by atoms with Crippen LogP contribution in [-0.2, 0) is 4.74 Å². The van der Waals surface area contributed by atoms with E-state index in [2.05, 4.69) is 45.3 Å². The number of aromatic amines is 1. The number of rotatable bonds is 5. The number of carbonyl (C=O) groups is 1. The number of anilines is 2. The number of aromatic nitrogens is 2. The van der Waals surface area contributed by atoms with Crippen molar-refractivity contribution < 1.29 is 9.53 Å². The van der Waals surface area contributed by atoms with Crippen LogP contribution < -0.4 is 10.2 Å². The van der Waals surface area contributed by atoms with E-state index in [4.69, 9.17) is 4.74 Å². The largest absolute Gasteiger partial charge is 0.378 e. The Bertz CT molecular complexity index is 1240. The maximum absolute atomic E-state index is 13.0. The molecule has 2 N–H and O–H groups in total. The van der Waals surface area contributed by atoms with E-state index in [1.54, 1.807) is 6.20 Å². The second-order valence-electron chi connectivity index (χ2n) is 8.15. The summed E-state index contributed by atoms with van der Waals surface area (Å²) >= 11 is 0. The lowest BCUT2D eigenvalue weighted by atomic mass is 9.97. The zero-order valence-electron chi connectivity index (χ0n) is 18.5. The van der Waals surface area contributed by atoms with Crippen LogP contribution in [0.15, 0.2) is 79.1 Å². The van der Waals surface area contributed by atoms with Crippen molar-refractivity contribution in [2.24, 2.45) is 0 Å². The van der Waals surface area contributed by atoms with E-state index in [-0.39, 0.29) is 5.91 Å². The summed E-state index contributed by atoms with van der Waals surface area (Å²) in [6, 6.07) is 22.0. The molecule has 5 rings (SSSR count). The van der Waals surface area contributed by atoms with E-state index < -0.39 is 0 Å². The lowest BCUT2D eigenvalue weighted by Crippen LogP contribution is -2.36. The number of nitrogens with zero attached hydrogens (tertiary/aromatic N) is 2. The van der Waals surface area contributed by atoms with E-state index in [0.717, 1.165) is 65.8 Å². The summed E-state index contributed by atoms with van der Waals surface area (Å²) in [6.45, 7) is 5.23. The number of amides is 1. The monoisotopic (exact) mass is 438 g/mol. The molecule has 1 saturated heterocycles. The van der Waals surface area contributed by atoms with Gasteiger partial charge in [-0.3, -0.25) is 4.79 Å². The third kappa shape index (κ3) is 4.66. The van der Waals surface area contributed by atoms with Gasteiger partial charge in [-0.25, -0.2) is 4.98 Å². The summed E-state index contributed by atoms with van der Waals surface area (Å²) in [5, 5.41) is 3.05. The Kier molecular flexibility index (Phi) is 5.91. The number of morpholine rings is 1. The first-order valence-electron chi connectivity index (χ1n) is 11.1. The van der Waals surface area contributed by atoms with Gasteiger partial charge in [-0.1, -0.05) is 36.4 Å². The predicted octanol–water partition coefficient (Wildman–Crippen LogP) is 5.14. The minimum absolute atomic E-state index is 0.123. The number of benzene rings is 3. The fourth-order valence-corrected chi connectivity index (χ4v) is 4.11. The molecule has 0 aliphatic carbocycles. The second-order valence-corrected chi connectivity index (χ2v) is 8.15. The average molecular weight is 439 g/mol. The number of ether oxygens (including phenoxy) is 1. The van der Waals surface area contributed by atoms with Gasteiger partial charge in [-0.15, -0.1) is 0 Å². The highest BCUT2D eigenvalue weighted by molar-refractivity contribution is 6.05. The quantitative estimate of drug-likeness (QED) is 0.453. The van der Waals surface area contributed by atoms with Crippen LogP contribution in [-0.4, -0.2) is 42.2 Å². The first kappa shape index (κ1) is 21.0. The van der Waals surface area contributed by atoms with E-state index in [1.165, 1.54) is 0 Å². The van der Waals surface area contributed by atoms with Crippen LogP contribution in [0.5, 0.6) is 0 Å². The van der Waals surface area contributed by atoms with Gasteiger partial charge in [0.1, 0.15) is 5.82 Å². The molecule has 0 spiro atoms. The van der Waals surface area contributed by atoms with Crippen LogP contribution >= 0.6 is 0 Å². The maximum atomic E-state index is 13.0. The summed E-state index contributed by atoms with van der Waals surface area (Å²) < 4.78 is 5.44. The Morgan fingerprint density at radius 2 is 1.79 bits per heavy atom. The van der Waals surface area contributed by atoms with Crippen molar-refractivity contribution in [2.75, 3.05) is 36.5 Å². The Hall–Kier alpha value is -3.90. The van der Waals surface area contributed by atoms with Crippen molar-refractivity contribution in [1.82, 2.24) is 9.97 Å². The molecule has 1 aliphatic heterocycles. The van der Waals surface area contributed by atoms with Crippen LogP contribution in [0.3, 0.4) is 0 Å². The van der Waals surface area contributed by atoms with Gasteiger partial charge in [-0.05, 0) is 53.9 Å². The highest BCUT2D eigenvalue weighted by Gasteiger charge is 2.14. The third-order valence-corrected chi connectivity index (χ3v) is 5.95. The van der Waals surface area contributed by atoms with E-state index in [0.29, 0.717) is 5.56 Å². The van der Waals surface area contributed by atoms with E-state index >= 15 is 0 Å². The van der Waals surface area contributed by atoms with Gasteiger partial charge in [0.2, 0.25) is 0 Å². The van der Waals surface area contributed by atoms with Crippen LogP contribution in [0.4, 0.5) is 11.4 Å². The molecule has 1 amide bonds. The number of carbonyl (C=O) groups excluding carboxylic acids is 1. The molecule has 2 heterocycles. The van der Waals surface area contributed by atoms with Crippen molar-refractivity contribution in [3.8, 4) is 22.5 Å². The number of hydrogen-bond donors (Lipinski definition) is 2. The zero-order valence-corrected chi connectivity index (χ0v) is 18.5. The molecule has 0 saturated carbocycles. The molecule has 3 aromatic carbocycles. The molecule has 0 bridgehead atoms. The van der Waals surface area contributed by atoms with Crippen molar-refractivity contribution >= 4 is 17.3 Å². The molecule has 166 valence electrons. The summed E-state index contributed by atoms with van der Waals surface area (Å²) in [5.74, 6) is 0.716. The SMILES string of the molecule is Cc1ccc(C(=O)Nc2cccc(N3CCOCC3)c2)cc1-c1ccc(-c2ncc[nH]2)cc1. The Morgan fingerprint density at radius 1 is 1.00 bits per heavy atom. The van der Waals surface area contributed by atoms with Crippen LogP contribution in [0.2, 0.25) is 0 Å². The van der Waals surface area contributed by atoms with Crippen molar-refractivity contribution in [2.45, 2.75) is 6.92 Å². The molecule has 1 aromatic heterocycles. The fraction of sp³-hybridized carbons (Fsp3) is 0.185. The number of hydrogen-bond acceptors (Lipinski definition) is 4. The number of aryl methyl sites for hydroxylation is 1. The van der Waals surface area contributed by atoms with Crippen LogP contribution in [0.1, 0.15) is 15.9 Å². The number of imidazole rings is 1. The average Bonchev–Trinajstić information content (AvgIpc) is 3.40. The lowest BCUT2D eigenvalue weighted by Gasteiger charge is -2.29. The molecule has 0 atom stereocenters. The molecular formula is C27H26N4O2. The van der Waals surface area contributed by atoms with Gasteiger partial charge in [0.05, 0.1) is 13.2 Å². The number of nitrogens with one attached hydrogen (secondary N) is 2. The minimum atomic E-state index is -0.123. The topological polar surface area (TPSA) is 70.2 Å². The molecule has 4 aromatic rings. The van der Waals surface area contributed by atoms with Crippen molar-refractivity contribution in [1.29, 1.82) is 0 Å². The van der Waals surface area contributed by atoms with Gasteiger partial charge < -0.3 is 19.9 Å². The molecule has 0 radical (unpaired) electrons. The van der Waals surface area contributed by atoms with Gasteiger partial charge in [0, 0.05) is 48.0 Å². The molecule has 1 aliphatic rings. The van der Waals surface area contributed by atoms with Gasteiger partial charge in [0.15, 0.2) is 0 Å². The Morgan fingerprint density at radius 3 is 2.55 bits per heavy atom. The Balaban J connectivity index is 1.35. The first-order chi connectivity index (χ1) is 16.2. The van der Waals surface area contributed by atoms with Crippen molar-refractivity contribution in [3.05, 3.63) is 90.3 Å². The molecule has 6 nitrogen and oxygen atoms in total. The van der Waals surface area contributed by atoms with Crippen LogP contribution in [0.25, 0.3) is 22.5 Å². The maximum Gasteiger partial charge on any atom is 0.255 e. The van der Waals surface area contributed by atoms with Crippen LogP contribution in [0, 0.1) is 6.92 Å². The minimum Gasteiger partial charge on any atom is -0.378 e. The van der Waals surface area contributed by atoms with E-state index in [1.807, 2.05) is 54.7 Å². The van der Waals surface area contributed by atoms with Gasteiger partial charge in [-0.2, -0.15) is 0 Å². The summed E-state index contributed by atoms with van der Waals surface area (Å²) in [6.07, 6.45) is 3.55. The summed E-state index contributed by atoms with van der Waals surface area (Å²) in [4.78, 5) is 22.7. The van der Waals surface area contributed by atoms with Crippen molar-refractivity contribution in [3.63, 3.8) is 0 Å². The summed E-state index contributed by atoms with van der Waals surface area (Å²) in [5.41, 5.74) is 6.75. The molecule has 6 heteroatoms. The highest BCUT2D eigenvalue weighted by Crippen LogP contribution is 2.28. The highest BCUT2D eigenvalue weighted by atomic mass is 16.5. The predicted molar refractivity (Wildman–Crippen MR) is 132 cm³/mol. The van der Waals surface area contributed by atoms with Gasteiger partial charge >= 0.3 is 0 Å². The third-order valence-electron chi connectivity index (χ3n) is 5.95. The van der Waals surface area contributed by atoms with E-state index in [9.17, 15) is 4.79 Å². The molecule has 33 heavy (non-hydrogen) atoms. The Labute approximate surface area is 193 Å². The lowest BCUT2D eigenvalue weighted by molar-refractivity contribution is 0.102. The standard InChI is InChI=1S/C27H26N4O2/c1-19-5-6-22(17-25(19)20-7-9-21(10-8-20)26-28-11-12-29-26)27(32)30-23-3-2-4-24(18-23)31-13-15-33-16-14-31/h2-12,17-18H,13-16H2,1H3,(H,28,29)(H,30,32). The normalized spacial score (nSPS) is 13.7. The smallest absolute Gasteiger partial charge is 0.255 e. The molecule has 1 fully saturated rings. The molecule has 0 unspecified atom stereocenters. The number of H-pyrrole nitrogens is 1. The zero-order chi connectivity index (χ0) is 22.6. The fourth-order valence-electron chi connectivity index (χ4n) is 4.11. The summed E-state index contributed by atoms with van der Waals surface area (Å²) in [7, 11) is 0.